The molecular formula is C32H26N2O10. The molecule has 44 heavy (non-hydrogen) atoms. The van der Waals surface area contributed by atoms with Gasteiger partial charge in [0.25, 0.3) is 5.91 Å². The van der Waals surface area contributed by atoms with Gasteiger partial charge in [-0.2, -0.15) is 0 Å². The Morgan fingerprint density at radius 1 is 0.795 bits per heavy atom. The van der Waals surface area contributed by atoms with Crippen molar-refractivity contribution in [3.63, 3.8) is 0 Å². The van der Waals surface area contributed by atoms with E-state index >= 15 is 0 Å². The number of phenolic OH excluding ortho intramolecular Hbond substituents is 1. The third kappa shape index (κ3) is 5.93. The Kier molecular flexibility index (Phi) is 8.03. The number of phenols is 1. The lowest BCUT2D eigenvalue weighted by Gasteiger charge is -2.23. The van der Waals surface area contributed by atoms with Gasteiger partial charge < -0.3 is 39.7 Å². The Hall–Kier alpha value is -5.72. The number of carboxylic acid groups (broad SMARTS) is 2. The van der Waals surface area contributed by atoms with Gasteiger partial charge in [-0.05, 0) is 66.2 Å². The van der Waals surface area contributed by atoms with E-state index in [-0.39, 0.29) is 33.6 Å². The molecule has 0 radical (unpaired) electrons. The number of carbonyl (C=O) groups excluding carboxylic acids is 1. The number of hydrogen-bond acceptors (Lipinski definition) is 9. The minimum absolute atomic E-state index is 0.117. The van der Waals surface area contributed by atoms with Gasteiger partial charge in [0.15, 0.2) is 11.7 Å². The van der Waals surface area contributed by atoms with Gasteiger partial charge in [0.2, 0.25) is 0 Å². The molecule has 2 aliphatic rings. The number of fused-ring (bicyclic) bond motifs is 2. The second kappa shape index (κ2) is 11.9. The summed E-state index contributed by atoms with van der Waals surface area (Å²) in [7, 11) is 1.82. The molecule has 0 unspecified atom stereocenters. The lowest BCUT2D eigenvalue weighted by atomic mass is 9.89. The number of nitrogens with zero attached hydrogens (tertiary/aromatic N) is 2. The Labute approximate surface area is 249 Å². The number of aliphatic hydroxyl groups is 2. The van der Waals surface area contributed by atoms with Crippen LogP contribution in [-0.2, 0) is 9.59 Å². The van der Waals surface area contributed by atoms with E-state index in [2.05, 4.69) is 0 Å². The summed E-state index contributed by atoms with van der Waals surface area (Å²) in [6.45, 7) is -1.75. The maximum Gasteiger partial charge on any atom is 0.323 e. The second-order valence-electron chi connectivity index (χ2n) is 10.0. The van der Waals surface area contributed by atoms with Crippen LogP contribution in [0.5, 0.6) is 5.75 Å². The molecule has 0 fully saturated rings. The Morgan fingerprint density at radius 3 is 2.07 bits per heavy atom. The van der Waals surface area contributed by atoms with Crippen molar-refractivity contribution in [2.45, 2.75) is 6.29 Å². The third-order valence-corrected chi connectivity index (χ3v) is 7.09. The summed E-state index contributed by atoms with van der Waals surface area (Å²) >= 11 is 0. The molecule has 3 aromatic rings. The van der Waals surface area contributed by atoms with Crippen molar-refractivity contribution in [3.05, 3.63) is 100 Å². The van der Waals surface area contributed by atoms with E-state index in [0.29, 0.717) is 32.7 Å². The number of aliphatic hydroxyl groups excluding tert-OH is 1. The van der Waals surface area contributed by atoms with Crippen LogP contribution in [0.3, 0.4) is 0 Å². The number of anilines is 2. The predicted octanol–water partition coefficient (Wildman–Crippen LogP) is 3.63. The fourth-order valence-electron chi connectivity index (χ4n) is 5.03. The topological polar surface area (TPSA) is 189 Å². The van der Waals surface area contributed by atoms with Gasteiger partial charge in [-0.1, -0.05) is 6.07 Å². The zero-order chi connectivity index (χ0) is 31.7. The first-order valence-corrected chi connectivity index (χ1v) is 13.2. The van der Waals surface area contributed by atoms with Gasteiger partial charge in [-0.15, -0.1) is 0 Å². The fourth-order valence-corrected chi connectivity index (χ4v) is 5.03. The molecule has 5 rings (SSSR count). The van der Waals surface area contributed by atoms with Crippen LogP contribution in [0.25, 0.3) is 33.4 Å². The van der Waals surface area contributed by atoms with Gasteiger partial charge in [-0.25, -0.2) is 0 Å². The van der Waals surface area contributed by atoms with Crippen LogP contribution in [0.1, 0.15) is 22.2 Å². The van der Waals surface area contributed by atoms with Crippen molar-refractivity contribution in [3.8, 4) is 28.2 Å². The van der Waals surface area contributed by atoms with Crippen LogP contribution < -0.4 is 10.3 Å². The summed E-state index contributed by atoms with van der Waals surface area (Å²) in [4.78, 5) is 50.4. The van der Waals surface area contributed by atoms with Crippen molar-refractivity contribution in [1.82, 2.24) is 4.90 Å². The summed E-state index contributed by atoms with van der Waals surface area (Å²) in [6.07, 6.45) is -2.09. The maximum absolute atomic E-state index is 13.1. The lowest BCUT2D eigenvalue weighted by molar-refractivity contribution is -0.140. The molecule has 12 heteroatoms. The highest BCUT2D eigenvalue weighted by molar-refractivity contribution is 6.05. The first-order valence-electron chi connectivity index (χ1n) is 13.2. The van der Waals surface area contributed by atoms with E-state index in [4.69, 9.17) is 14.6 Å². The minimum Gasteiger partial charge on any atom is -0.508 e. The minimum atomic E-state index is -2.09. The number of hydrogen-bond donors (Lipinski definition) is 5. The highest BCUT2D eigenvalue weighted by Crippen LogP contribution is 2.43. The molecule has 0 aromatic heterocycles. The summed E-state index contributed by atoms with van der Waals surface area (Å²) in [5, 5.41) is 49.3. The van der Waals surface area contributed by atoms with Gasteiger partial charge in [0, 0.05) is 58.2 Å². The van der Waals surface area contributed by atoms with E-state index in [0.717, 1.165) is 11.8 Å². The molecule has 1 heterocycles. The summed E-state index contributed by atoms with van der Waals surface area (Å²) < 4.78 is 6.14. The number of aromatic hydroxyl groups is 1. The maximum atomic E-state index is 13.1. The highest BCUT2D eigenvalue weighted by Gasteiger charge is 2.26. The molecular weight excluding hydrogens is 572 g/mol. The third-order valence-electron chi connectivity index (χ3n) is 7.09. The fraction of sp³-hybridized carbons (Fsp3) is 0.125. The highest BCUT2D eigenvalue weighted by atomic mass is 16.5. The molecule has 0 spiro atoms. The summed E-state index contributed by atoms with van der Waals surface area (Å²) in [5.41, 5.74) is 2.46. The number of benzene rings is 4. The Balaban J connectivity index is 1.69. The molecule has 1 aliphatic carbocycles. The molecule has 1 aliphatic heterocycles. The van der Waals surface area contributed by atoms with Crippen LogP contribution >= 0.6 is 0 Å². The zero-order valence-electron chi connectivity index (χ0n) is 23.2. The van der Waals surface area contributed by atoms with Crippen molar-refractivity contribution >= 4 is 40.2 Å². The van der Waals surface area contributed by atoms with Crippen LogP contribution in [0.4, 0.5) is 11.4 Å². The van der Waals surface area contributed by atoms with Crippen molar-refractivity contribution in [1.29, 1.82) is 0 Å². The summed E-state index contributed by atoms with van der Waals surface area (Å²) in [5.74, 6) is -3.43. The largest absolute Gasteiger partial charge is 0.508 e. The Morgan fingerprint density at radius 2 is 1.43 bits per heavy atom. The predicted molar refractivity (Wildman–Crippen MR) is 159 cm³/mol. The molecule has 224 valence electrons. The number of aliphatic carboxylic acids is 2. The van der Waals surface area contributed by atoms with Crippen LogP contribution in [-0.4, -0.2) is 68.4 Å². The SMILES string of the molecule is CN(c1ccc(O)cc1)c1ccc2c(-c3ccc(C(=O)N(CC(=O)O)CC(=O)O)cc3C(O)O)c3ccc(=O)cc-3oc2c1. The standard InChI is InChI=1S/C32H26N2O10/c1-33(18-3-6-20(35)7-4-18)19-5-10-23-26(13-19)44-27-14-21(36)8-11-24(27)30(23)22-9-2-17(12-25(22)32(42)43)31(41)34(15-28(37)38)16-29(39)40/h2-14,32,35,42-43H,15-16H2,1H3,(H,37,38)(H,39,40). The molecule has 3 aromatic carbocycles. The summed E-state index contributed by atoms with van der Waals surface area (Å²) in [6, 6.07) is 20.0. The first-order chi connectivity index (χ1) is 20.9. The van der Waals surface area contributed by atoms with Gasteiger partial charge in [-0.3, -0.25) is 19.2 Å². The zero-order valence-corrected chi connectivity index (χ0v) is 23.2. The monoisotopic (exact) mass is 598 g/mol. The van der Waals surface area contributed by atoms with Gasteiger partial charge in [0.1, 0.15) is 30.2 Å². The average Bonchev–Trinajstić information content (AvgIpc) is 2.98. The molecule has 0 atom stereocenters. The van der Waals surface area contributed by atoms with E-state index in [1.807, 2.05) is 18.0 Å². The van der Waals surface area contributed by atoms with Gasteiger partial charge in [0.05, 0.1) is 0 Å². The molecule has 1 amide bonds. The number of amides is 1. The average molecular weight is 599 g/mol. The molecule has 5 N–H and O–H groups in total. The molecule has 12 nitrogen and oxygen atoms in total. The van der Waals surface area contributed by atoms with Crippen molar-refractivity contribution < 1.29 is 44.3 Å². The number of rotatable bonds is 9. The van der Waals surface area contributed by atoms with Crippen LogP contribution in [0.2, 0.25) is 0 Å². The number of carboxylic acids is 2. The van der Waals surface area contributed by atoms with E-state index in [1.54, 1.807) is 42.5 Å². The quantitative estimate of drug-likeness (QED) is 0.123. The first kappa shape index (κ1) is 29.8. The smallest absolute Gasteiger partial charge is 0.323 e. The molecule has 0 bridgehead atoms. The number of carbonyl (C=O) groups is 3. The van der Waals surface area contributed by atoms with E-state index < -0.39 is 37.2 Å². The van der Waals surface area contributed by atoms with E-state index in [9.17, 15) is 34.5 Å². The van der Waals surface area contributed by atoms with Crippen molar-refractivity contribution in [2.24, 2.45) is 0 Å². The Bertz CT molecular complexity index is 1910. The van der Waals surface area contributed by atoms with E-state index in [1.165, 1.54) is 24.3 Å². The van der Waals surface area contributed by atoms with Crippen LogP contribution in [0.15, 0.2) is 88.1 Å². The second-order valence-corrected chi connectivity index (χ2v) is 10.0. The van der Waals surface area contributed by atoms with Crippen LogP contribution in [0, 0.1) is 0 Å². The van der Waals surface area contributed by atoms with Crippen molar-refractivity contribution in [2.75, 3.05) is 25.0 Å². The lowest BCUT2D eigenvalue weighted by Crippen LogP contribution is -2.39. The van der Waals surface area contributed by atoms with Gasteiger partial charge >= 0.3 is 11.9 Å². The normalized spacial score (nSPS) is 11.2. The molecule has 0 saturated carbocycles. The molecule has 0 saturated heterocycles.